The van der Waals surface area contributed by atoms with Crippen molar-refractivity contribution in [2.24, 2.45) is 0 Å². The SMILES string of the molecule is CN(C1=C(Cl)C(=O)N(c2cc(C(F)(F)F)ccc2Cl)C1=O)c1ccccc1. The number of anilines is 2. The van der Waals surface area contributed by atoms with Gasteiger partial charge in [0.05, 0.1) is 16.3 Å². The van der Waals surface area contributed by atoms with E-state index in [0.29, 0.717) is 16.7 Å². The van der Waals surface area contributed by atoms with E-state index in [1.54, 1.807) is 30.3 Å². The van der Waals surface area contributed by atoms with E-state index < -0.39 is 28.6 Å². The second-order valence-electron chi connectivity index (χ2n) is 5.67. The fourth-order valence-electron chi connectivity index (χ4n) is 2.64. The Bertz CT molecular complexity index is 959. The third-order valence-corrected chi connectivity index (χ3v) is 4.66. The summed E-state index contributed by atoms with van der Waals surface area (Å²) in [5, 5.41) is -0.586. The van der Waals surface area contributed by atoms with Gasteiger partial charge in [0.25, 0.3) is 11.8 Å². The van der Waals surface area contributed by atoms with Crippen LogP contribution in [-0.2, 0) is 15.8 Å². The molecule has 0 saturated heterocycles. The summed E-state index contributed by atoms with van der Waals surface area (Å²) in [6.45, 7) is 0. The molecule has 1 aliphatic rings. The Morgan fingerprint density at radius 3 is 2.19 bits per heavy atom. The highest BCUT2D eigenvalue weighted by atomic mass is 35.5. The zero-order valence-electron chi connectivity index (χ0n) is 13.7. The van der Waals surface area contributed by atoms with Crippen LogP contribution in [0.15, 0.2) is 59.3 Å². The van der Waals surface area contributed by atoms with Crippen LogP contribution in [0.2, 0.25) is 5.02 Å². The highest BCUT2D eigenvalue weighted by Crippen LogP contribution is 2.39. The van der Waals surface area contributed by atoms with Crippen molar-refractivity contribution < 1.29 is 22.8 Å². The minimum atomic E-state index is -4.66. The maximum absolute atomic E-state index is 13.0. The van der Waals surface area contributed by atoms with Gasteiger partial charge in [0.1, 0.15) is 10.7 Å². The number of hydrogen-bond donors (Lipinski definition) is 0. The third-order valence-electron chi connectivity index (χ3n) is 4.00. The predicted octanol–water partition coefficient (Wildman–Crippen LogP) is 4.82. The van der Waals surface area contributed by atoms with E-state index in [4.69, 9.17) is 23.2 Å². The maximum atomic E-state index is 13.0. The van der Waals surface area contributed by atoms with Crippen LogP contribution in [0, 0.1) is 0 Å². The number of likely N-dealkylation sites (N-methyl/N-ethyl adjacent to an activating group) is 1. The summed E-state index contributed by atoms with van der Waals surface area (Å²) in [4.78, 5) is 27.3. The lowest BCUT2D eigenvalue weighted by Gasteiger charge is -2.22. The van der Waals surface area contributed by atoms with Gasteiger partial charge in [0, 0.05) is 12.7 Å². The van der Waals surface area contributed by atoms with Crippen LogP contribution in [-0.4, -0.2) is 18.9 Å². The van der Waals surface area contributed by atoms with Crippen LogP contribution < -0.4 is 9.80 Å². The Kier molecular flexibility index (Phi) is 4.92. The predicted molar refractivity (Wildman–Crippen MR) is 96.7 cm³/mol. The number of rotatable bonds is 3. The second kappa shape index (κ2) is 6.90. The molecule has 0 unspecified atom stereocenters. The third kappa shape index (κ3) is 3.40. The van der Waals surface area contributed by atoms with E-state index in [2.05, 4.69) is 0 Å². The molecule has 2 aromatic rings. The highest BCUT2D eigenvalue weighted by Gasteiger charge is 2.42. The number of benzene rings is 2. The average molecular weight is 415 g/mol. The van der Waals surface area contributed by atoms with Crippen LogP contribution in [0.25, 0.3) is 0 Å². The number of alkyl halides is 3. The first kappa shape index (κ1) is 19.3. The molecule has 4 nitrogen and oxygen atoms in total. The molecule has 140 valence electrons. The highest BCUT2D eigenvalue weighted by molar-refractivity contribution is 6.53. The van der Waals surface area contributed by atoms with Crippen molar-refractivity contribution in [3.8, 4) is 0 Å². The van der Waals surface area contributed by atoms with Crippen LogP contribution in [0.4, 0.5) is 24.5 Å². The number of imide groups is 1. The van der Waals surface area contributed by atoms with E-state index in [-0.39, 0.29) is 16.4 Å². The van der Waals surface area contributed by atoms with Gasteiger partial charge in [-0.05, 0) is 30.3 Å². The molecule has 0 spiro atoms. The molecular weight excluding hydrogens is 404 g/mol. The van der Waals surface area contributed by atoms with Crippen molar-refractivity contribution in [3.63, 3.8) is 0 Å². The molecule has 1 heterocycles. The van der Waals surface area contributed by atoms with Crippen molar-refractivity contribution >= 4 is 46.4 Å². The quantitative estimate of drug-likeness (QED) is 0.676. The Morgan fingerprint density at radius 1 is 0.963 bits per heavy atom. The molecule has 0 N–H and O–H groups in total. The van der Waals surface area contributed by atoms with Crippen molar-refractivity contribution in [3.05, 3.63) is 69.8 Å². The smallest absolute Gasteiger partial charge is 0.339 e. The number of para-hydroxylation sites is 1. The average Bonchev–Trinajstić information content (AvgIpc) is 2.84. The molecule has 0 atom stereocenters. The molecule has 2 aromatic carbocycles. The summed E-state index contributed by atoms with van der Waals surface area (Å²) < 4.78 is 39.0. The van der Waals surface area contributed by atoms with E-state index in [1.165, 1.54) is 11.9 Å². The molecular formula is C18H11Cl2F3N2O2. The molecule has 0 bridgehead atoms. The Hall–Kier alpha value is -2.51. The zero-order chi connectivity index (χ0) is 19.9. The molecule has 0 fully saturated rings. The molecule has 0 aliphatic carbocycles. The summed E-state index contributed by atoms with van der Waals surface area (Å²) in [5.74, 6) is -1.81. The summed E-state index contributed by atoms with van der Waals surface area (Å²) in [7, 11) is 1.52. The molecule has 0 aromatic heterocycles. The topological polar surface area (TPSA) is 40.6 Å². The Morgan fingerprint density at radius 2 is 1.59 bits per heavy atom. The minimum absolute atomic E-state index is 0.152. The van der Waals surface area contributed by atoms with Gasteiger partial charge in [0.2, 0.25) is 0 Å². The maximum Gasteiger partial charge on any atom is 0.416 e. The molecule has 9 heteroatoms. The van der Waals surface area contributed by atoms with Gasteiger partial charge in [-0.1, -0.05) is 41.4 Å². The summed E-state index contributed by atoms with van der Waals surface area (Å²) in [6.07, 6.45) is -4.66. The lowest BCUT2D eigenvalue weighted by Crippen LogP contribution is -2.34. The van der Waals surface area contributed by atoms with E-state index in [0.717, 1.165) is 12.1 Å². The first-order chi connectivity index (χ1) is 12.6. The van der Waals surface area contributed by atoms with E-state index in [9.17, 15) is 22.8 Å². The molecule has 27 heavy (non-hydrogen) atoms. The second-order valence-corrected chi connectivity index (χ2v) is 6.45. The van der Waals surface area contributed by atoms with Gasteiger partial charge >= 0.3 is 6.18 Å². The fraction of sp³-hybridized carbons (Fsp3) is 0.111. The van der Waals surface area contributed by atoms with Crippen LogP contribution in [0.1, 0.15) is 5.56 Å². The van der Waals surface area contributed by atoms with Gasteiger partial charge < -0.3 is 4.90 Å². The lowest BCUT2D eigenvalue weighted by atomic mass is 10.2. The first-order valence-electron chi connectivity index (χ1n) is 7.57. The van der Waals surface area contributed by atoms with Crippen molar-refractivity contribution in [2.45, 2.75) is 6.18 Å². The van der Waals surface area contributed by atoms with Crippen molar-refractivity contribution in [1.82, 2.24) is 0 Å². The first-order valence-corrected chi connectivity index (χ1v) is 8.32. The molecule has 1 aliphatic heterocycles. The number of halogens is 5. The van der Waals surface area contributed by atoms with Crippen LogP contribution in [0.3, 0.4) is 0 Å². The normalized spacial score (nSPS) is 15.0. The van der Waals surface area contributed by atoms with Gasteiger partial charge in [-0.15, -0.1) is 0 Å². The fourth-order valence-corrected chi connectivity index (χ4v) is 3.14. The summed E-state index contributed by atoms with van der Waals surface area (Å²) in [6, 6.07) is 11.0. The Labute approximate surface area is 162 Å². The van der Waals surface area contributed by atoms with Gasteiger partial charge in [0.15, 0.2) is 0 Å². The number of hydrogen-bond acceptors (Lipinski definition) is 3. The number of carbonyl (C=O) groups is 2. The summed E-state index contributed by atoms with van der Waals surface area (Å²) in [5.41, 5.74) is -0.996. The number of carbonyl (C=O) groups excluding carboxylic acids is 2. The lowest BCUT2D eigenvalue weighted by molar-refractivity contribution is -0.137. The minimum Gasteiger partial charge on any atom is -0.339 e. The standard InChI is InChI=1S/C18H11Cl2F3N2O2/c1-24(11-5-3-2-4-6-11)15-14(20)16(26)25(17(15)27)13-9-10(18(21,22)23)7-8-12(13)19/h2-9H,1H3. The Balaban J connectivity index is 2.04. The molecule has 3 rings (SSSR count). The van der Waals surface area contributed by atoms with Crippen molar-refractivity contribution in [2.75, 3.05) is 16.8 Å². The van der Waals surface area contributed by atoms with E-state index in [1.807, 2.05) is 0 Å². The van der Waals surface area contributed by atoms with Gasteiger partial charge in [-0.3, -0.25) is 9.59 Å². The van der Waals surface area contributed by atoms with E-state index >= 15 is 0 Å². The number of amides is 2. The number of nitrogens with zero attached hydrogens (tertiary/aromatic N) is 2. The van der Waals surface area contributed by atoms with Crippen LogP contribution in [0.5, 0.6) is 0 Å². The largest absolute Gasteiger partial charge is 0.416 e. The van der Waals surface area contributed by atoms with Gasteiger partial charge in [-0.25, -0.2) is 4.90 Å². The molecule has 2 amide bonds. The monoisotopic (exact) mass is 414 g/mol. The zero-order valence-corrected chi connectivity index (χ0v) is 15.2. The summed E-state index contributed by atoms with van der Waals surface area (Å²) >= 11 is 12.0. The van der Waals surface area contributed by atoms with Crippen LogP contribution >= 0.6 is 23.2 Å². The van der Waals surface area contributed by atoms with Gasteiger partial charge in [-0.2, -0.15) is 13.2 Å². The molecule has 0 saturated carbocycles. The van der Waals surface area contributed by atoms with Crippen molar-refractivity contribution in [1.29, 1.82) is 0 Å². The molecule has 0 radical (unpaired) electrons.